The number of rotatable bonds is 7. The molecule has 1 aromatic carbocycles. The number of anilines is 1. The molecule has 116 valence electrons. The normalized spacial score (nSPS) is 10.0. The second kappa shape index (κ2) is 7.87. The highest BCUT2D eigenvalue weighted by Crippen LogP contribution is 2.09. The zero-order valence-electron chi connectivity index (χ0n) is 12.4. The molecule has 0 bridgehead atoms. The Balaban J connectivity index is 1.67. The van der Waals surface area contributed by atoms with Gasteiger partial charge in [-0.2, -0.15) is 0 Å². The van der Waals surface area contributed by atoms with Crippen molar-refractivity contribution in [2.24, 2.45) is 0 Å². The molecular formula is C16H19N3O3. The Morgan fingerprint density at radius 2 is 1.82 bits per heavy atom. The largest absolute Gasteiger partial charge is 0.467 e. The summed E-state index contributed by atoms with van der Waals surface area (Å²) in [4.78, 5) is 25.2. The zero-order valence-corrected chi connectivity index (χ0v) is 12.4. The minimum absolute atomic E-state index is 0.0534. The molecule has 0 fully saturated rings. The van der Waals surface area contributed by atoms with Crippen LogP contribution in [0.25, 0.3) is 0 Å². The highest BCUT2D eigenvalue weighted by Gasteiger charge is 2.09. The number of para-hydroxylation sites is 1. The molecule has 6 heteroatoms. The van der Waals surface area contributed by atoms with Gasteiger partial charge in [0.15, 0.2) is 0 Å². The lowest BCUT2D eigenvalue weighted by Crippen LogP contribution is -2.41. The van der Waals surface area contributed by atoms with Crippen LogP contribution in [0.4, 0.5) is 5.69 Å². The summed E-state index contributed by atoms with van der Waals surface area (Å²) in [5.74, 6) is 0.204. The number of hydrogen-bond donors (Lipinski definition) is 2. The summed E-state index contributed by atoms with van der Waals surface area (Å²) in [6.45, 7) is 0.448. The van der Waals surface area contributed by atoms with Crippen molar-refractivity contribution in [3.05, 3.63) is 54.5 Å². The van der Waals surface area contributed by atoms with E-state index >= 15 is 0 Å². The standard InChI is InChI=1S/C16H19N3O3/c1-19(13-6-3-2-4-7-13)12-16(21)18-11-15(20)17-10-14-8-5-9-22-14/h2-9H,10-12H2,1H3,(H,17,20)(H,18,21). The number of likely N-dealkylation sites (N-methyl/N-ethyl adjacent to an activating group) is 1. The van der Waals surface area contributed by atoms with Gasteiger partial charge in [-0.25, -0.2) is 0 Å². The maximum absolute atomic E-state index is 11.8. The summed E-state index contributed by atoms with van der Waals surface area (Å²) < 4.78 is 5.10. The minimum Gasteiger partial charge on any atom is -0.467 e. The van der Waals surface area contributed by atoms with Crippen LogP contribution in [0, 0.1) is 0 Å². The van der Waals surface area contributed by atoms with Crippen molar-refractivity contribution in [1.29, 1.82) is 0 Å². The van der Waals surface area contributed by atoms with Crippen LogP contribution in [-0.2, 0) is 16.1 Å². The molecule has 0 atom stereocenters. The Morgan fingerprint density at radius 1 is 1.05 bits per heavy atom. The first-order valence-corrected chi connectivity index (χ1v) is 6.97. The molecule has 1 aromatic heterocycles. The van der Waals surface area contributed by atoms with Gasteiger partial charge >= 0.3 is 0 Å². The van der Waals surface area contributed by atoms with E-state index < -0.39 is 0 Å². The van der Waals surface area contributed by atoms with Gasteiger partial charge in [-0.05, 0) is 24.3 Å². The van der Waals surface area contributed by atoms with E-state index in [0.29, 0.717) is 12.3 Å². The zero-order chi connectivity index (χ0) is 15.8. The Bertz CT molecular complexity index is 596. The van der Waals surface area contributed by atoms with E-state index in [2.05, 4.69) is 10.6 Å². The molecule has 0 aliphatic carbocycles. The van der Waals surface area contributed by atoms with Gasteiger partial charge in [0.25, 0.3) is 0 Å². The van der Waals surface area contributed by atoms with E-state index in [9.17, 15) is 9.59 Å². The predicted octanol–water partition coefficient (Wildman–Crippen LogP) is 1.15. The SMILES string of the molecule is CN(CC(=O)NCC(=O)NCc1ccco1)c1ccccc1. The van der Waals surface area contributed by atoms with E-state index in [1.54, 1.807) is 18.4 Å². The summed E-state index contributed by atoms with van der Waals surface area (Å²) in [5.41, 5.74) is 0.944. The highest BCUT2D eigenvalue weighted by molar-refractivity contribution is 5.86. The third kappa shape index (κ3) is 4.97. The molecule has 6 nitrogen and oxygen atoms in total. The fraction of sp³-hybridized carbons (Fsp3) is 0.250. The lowest BCUT2D eigenvalue weighted by molar-refractivity contribution is -0.125. The van der Waals surface area contributed by atoms with Crippen molar-refractivity contribution in [3.63, 3.8) is 0 Å². The van der Waals surface area contributed by atoms with Gasteiger partial charge < -0.3 is 20.0 Å². The molecule has 0 unspecified atom stereocenters. The Labute approximate surface area is 129 Å². The summed E-state index contributed by atoms with van der Waals surface area (Å²) in [7, 11) is 1.83. The van der Waals surface area contributed by atoms with E-state index in [0.717, 1.165) is 5.69 Å². The van der Waals surface area contributed by atoms with Crippen LogP contribution in [0.1, 0.15) is 5.76 Å². The van der Waals surface area contributed by atoms with Crippen LogP contribution in [0.15, 0.2) is 53.1 Å². The van der Waals surface area contributed by atoms with Crippen LogP contribution in [-0.4, -0.2) is 32.0 Å². The number of amides is 2. The summed E-state index contributed by atoms with van der Waals surface area (Å²) >= 11 is 0. The molecule has 1 heterocycles. The number of benzene rings is 1. The van der Waals surface area contributed by atoms with Crippen molar-refractivity contribution in [1.82, 2.24) is 10.6 Å². The second-order valence-corrected chi connectivity index (χ2v) is 4.82. The third-order valence-electron chi connectivity index (χ3n) is 3.06. The van der Waals surface area contributed by atoms with Gasteiger partial charge in [0.2, 0.25) is 11.8 Å². The first kappa shape index (κ1) is 15.6. The molecule has 2 amide bonds. The molecular weight excluding hydrogens is 282 g/mol. The van der Waals surface area contributed by atoms with Crippen LogP contribution in [0.3, 0.4) is 0 Å². The smallest absolute Gasteiger partial charge is 0.239 e. The topological polar surface area (TPSA) is 74.6 Å². The Hall–Kier alpha value is -2.76. The molecule has 2 N–H and O–H groups in total. The molecule has 0 aliphatic rings. The van der Waals surface area contributed by atoms with Crippen molar-refractivity contribution in [3.8, 4) is 0 Å². The van der Waals surface area contributed by atoms with E-state index in [4.69, 9.17) is 4.42 Å². The van der Waals surface area contributed by atoms with Crippen molar-refractivity contribution in [2.75, 3.05) is 25.0 Å². The van der Waals surface area contributed by atoms with E-state index in [-0.39, 0.29) is 24.9 Å². The maximum atomic E-state index is 11.8. The number of nitrogens with zero attached hydrogens (tertiary/aromatic N) is 1. The van der Waals surface area contributed by atoms with Crippen LogP contribution in [0.5, 0.6) is 0 Å². The van der Waals surface area contributed by atoms with Gasteiger partial charge in [-0.1, -0.05) is 18.2 Å². The number of carbonyl (C=O) groups excluding carboxylic acids is 2. The molecule has 0 spiro atoms. The molecule has 2 rings (SSSR count). The molecule has 0 aliphatic heterocycles. The predicted molar refractivity (Wildman–Crippen MR) is 83.3 cm³/mol. The van der Waals surface area contributed by atoms with Gasteiger partial charge in [0.05, 0.1) is 25.9 Å². The molecule has 0 saturated carbocycles. The summed E-state index contributed by atoms with van der Waals surface area (Å²) in [6, 6.07) is 13.1. The maximum Gasteiger partial charge on any atom is 0.239 e. The fourth-order valence-corrected chi connectivity index (χ4v) is 1.89. The average Bonchev–Trinajstić information content (AvgIpc) is 3.05. The quantitative estimate of drug-likeness (QED) is 0.804. The number of nitrogens with one attached hydrogen (secondary N) is 2. The van der Waals surface area contributed by atoms with E-state index in [1.807, 2.05) is 42.3 Å². The Kier molecular flexibility index (Phi) is 5.59. The summed E-state index contributed by atoms with van der Waals surface area (Å²) in [6.07, 6.45) is 1.54. The lowest BCUT2D eigenvalue weighted by Gasteiger charge is -2.18. The van der Waals surface area contributed by atoms with Crippen molar-refractivity contribution < 1.29 is 14.0 Å². The van der Waals surface area contributed by atoms with Crippen LogP contribution < -0.4 is 15.5 Å². The number of hydrogen-bond acceptors (Lipinski definition) is 4. The fourth-order valence-electron chi connectivity index (χ4n) is 1.89. The third-order valence-corrected chi connectivity index (χ3v) is 3.06. The van der Waals surface area contributed by atoms with Gasteiger partial charge in [0.1, 0.15) is 5.76 Å². The number of carbonyl (C=O) groups is 2. The average molecular weight is 301 g/mol. The first-order chi connectivity index (χ1) is 10.6. The van der Waals surface area contributed by atoms with Crippen molar-refractivity contribution in [2.45, 2.75) is 6.54 Å². The molecule has 0 radical (unpaired) electrons. The Morgan fingerprint density at radius 3 is 2.50 bits per heavy atom. The first-order valence-electron chi connectivity index (χ1n) is 6.97. The van der Waals surface area contributed by atoms with E-state index in [1.165, 1.54) is 0 Å². The minimum atomic E-state index is -0.257. The lowest BCUT2D eigenvalue weighted by atomic mass is 10.3. The summed E-state index contributed by atoms with van der Waals surface area (Å²) in [5, 5.41) is 5.25. The molecule has 2 aromatic rings. The highest BCUT2D eigenvalue weighted by atomic mass is 16.3. The van der Waals surface area contributed by atoms with Crippen molar-refractivity contribution >= 4 is 17.5 Å². The molecule has 22 heavy (non-hydrogen) atoms. The van der Waals surface area contributed by atoms with Gasteiger partial charge in [-0.3, -0.25) is 9.59 Å². The van der Waals surface area contributed by atoms with Gasteiger partial charge in [-0.15, -0.1) is 0 Å². The van der Waals surface area contributed by atoms with Crippen LogP contribution >= 0.6 is 0 Å². The van der Waals surface area contributed by atoms with Gasteiger partial charge in [0, 0.05) is 12.7 Å². The monoisotopic (exact) mass is 301 g/mol. The second-order valence-electron chi connectivity index (χ2n) is 4.82. The van der Waals surface area contributed by atoms with Crippen LogP contribution in [0.2, 0.25) is 0 Å². The number of furan rings is 1. The molecule has 0 saturated heterocycles.